The number of carbonyl (C=O) groups is 2. The fraction of sp³-hybridized carbons (Fsp3) is 0.333. The second-order valence-corrected chi connectivity index (χ2v) is 4.17. The zero-order valence-corrected chi connectivity index (χ0v) is 8.29. The Morgan fingerprint density at radius 2 is 2.50 bits per heavy atom. The monoisotopic (exact) mass is 210 g/mol. The predicted molar refractivity (Wildman–Crippen MR) is 54.7 cm³/mol. The topological polar surface area (TPSA) is 63.4 Å². The normalized spacial score (nSPS) is 20.3. The first kappa shape index (κ1) is 9.21. The summed E-state index contributed by atoms with van der Waals surface area (Å²) < 4.78 is 0. The number of nitrogens with two attached hydrogens (primary N) is 1. The first-order chi connectivity index (χ1) is 6.72. The molecule has 0 aliphatic carbocycles. The first-order valence-corrected chi connectivity index (χ1v) is 5.20. The summed E-state index contributed by atoms with van der Waals surface area (Å²) in [5.41, 5.74) is 6.14. The van der Waals surface area contributed by atoms with E-state index in [1.54, 1.807) is 6.07 Å². The van der Waals surface area contributed by atoms with E-state index in [2.05, 4.69) is 0 Å². The van der Waals surface area contributed by atoms with Gasteiger partial charge >= 0.3 is 0 Å². The smallest absolute Gasteiger partial charge is 0.240 e. The number of carbonyl (C=O) groups excluding carboxylic acids is 2. The van der Waals surface area contributed by atoms with Gasteiger partial charge in [0.2, 0.25) is 5.91 Å². The Morgan fingerprint density at radius 1 is 1.71 bits per heavy atom. The fourth-order valence-corrected chi connectivity index (χ4v) is 2.25. The minimum absolute atomic E-state index is 0.191. The van der Waals surface area contributed by atoms with E-state index < -0.39 is 0 Å². The van der Waals surface area contributed by atoms with Gasteiger partial charge in [0.05, 0.1) is 4.88 Å². The number of anilines is 1. The van der Waals surface area contributed by atoms with Crippen LogP contribution >= 0.6 is 11.3 Å². The molecule has 1 fully saturated rings. The molecule has 1 aliphatic heterocycles. The fourth-order valence-electron chi connectivity index (χ4n) is 1.55. The lowest BCUT2D eigenvalue weighted by molar-refractivity contribution is -0.120. The molecule has 0 bridgehead atoms. The van der Waals surface area contributed by atoms with Crippen LogP contribution in [0.4, 0.5) is 5.69 Å². The highest BCUT2D eigenvalue weighted by Crippen LogP contribution is 2.29. The minimum atomic E-state index is -0.296. The zero-order valence-electron chi connectivity index (χ0n) is 7.47. The van der Waals surface area contributed by atoms with Crippen molar-refractivity contribution < 1.29 is 9.59 Å². The van der Waals surface area contributed by atoms with E-state index >= 15 is 0 Å². The van der Waals surface area contributed by atoms with Crippen LogP contribution in [0.15, 0.2) is 11.4 Å². The van der Waals surface area contributed by atoms with Crippen molar-refractivity contribution in [1.82, 2.24) is 0 Å². The van der Waals surface area contributed by atoms with Crippen LogP contribution in [0.25, 0.3) is 0 Å². The van der Waals surface area contributed by atoms with E-state index in [-0.39, 0.29) is 11.9 Å². The molecule has 74 valence electrons. The van der Waals surface area contributed by atoms with E-state index in [1.165, 1.54) is 11.3 Å². The SMILES string of the molecule is NC(=O)C1CCN1c1csc(C=O)c1. The highest BCUT2D eigenvalue weighted by Gasteiger charge is 2.32. The molecule has 0 spiro atoms. The maximum atomic E-state index is 11.0. The van der Waals surface area contributed by atoms with Crippen LogP contribution in [0, 0.1) is 0 Å². The van der Waals surface area contributed by atoms with E-state index in [0.29, 0.717) is 4.88 Å². The molecule has 1 unspecified atom stereocenters. The molecular formula is C9H10N2O2S. The summed E-state index contributed by atoms with van der Waals surface area (Å²) in [6.07, 6.45) is 1.62. The van der Waals surface area contributed by atoms with Crippen molar-refractivity contribution in [3.05, 3.63) is 16.3 Å². The van der Waals surface area contributed by atoms with Crippen LogP contribution in [0.2, 0.25) is 0 Å². The Bertz CT molecular complexity index is 375. The van der Waals surface area contributed by atoms with Crippen molar-refractivity contribution in [3.8, 4) is 0 Å². The average Bonchev–Trinajstić information content (AvgIpc) is 2.49. The van der Waals surface area contributed by atoms with Gasteiger partial charge in [0.25, 0.3) is 0 Å². The number of primary amides is 1. The molecule has 4 nitrogen and oxygen atoms in total. The van der Waals surface area contributed by atoms with Crippen LogP contribution in [0.5, 0.6) is 0 Å². The largest absolute Gasteiger partial charge is 0.368 e. The molecule has 1 atom stereocenters. The van der Waals surface area contributed by atoms with Gasteiger partial charge in [0.1, 0.15) is 6.04 Å². The highest BCUT2D eigenvalue weighted by molar-refractivity contribution is 7.12. The minimum Gasteiger partial charge on any atom is -0.368 e. The Labute approximate surface area is 85.3 Å². The van der Waals surface area contributed by atoms with Gasteiger partial charge in [0.15, 0.2) is 6.29 Å². The number of rotatable bonds is 3. The second kappa shape index (κ2) is 3.42. The molecule has 2 N–H and O–H groups in total. The Kier molecular flexibility index (Phi) is 2.25. The van der Waals surface area contributed by atoms with Gasteiger partial charge in [-0.2, -0.15) is 0 Å². The number of amides is 1. The average molecular weight is 210 g/mol. The van der Waals surface area contributed by atoms with Crippen molar-refractivity contribution in [1.29, 1.82) is 0 Å². The van der Waals surface area contributed by atoms with E-state index in [9.17, 15) is 9.59 Å². The van der Waals surface area contributed by atoms with Crippen molar-refractivity contribution >= 4 is 29.2 Å². The third-order valence-corrected chi connectivity index (χ3v) is 3.25. The maximum absolute atomic E-state index is 11.0. The lowest BCUT2D eigenvalue weighted by Gasteiger charge is -2.39. The van der Waals surface area contributed by atoms with E-state index in [4.69, 9.17) is 5.73 Å². The van der Waals surface area contributed by atoms with Crippen molar-refractivity contribution in [3.63, 3.8) is 0 Å². The van der Waals surface area contributed by atoms with Gasteiger partial charge < -0.3 is 10.6 Å². The Morgan fingerprint density at radius 3 is 2.93 bits per heavy atom. The van der Waals surface area contributed by atoms with E-state index in [0.717, 1.165) is 24.9 Å². The molecule has 1 aromatic rings. The van der Waals surface area contributed by atoms with Crippen LogP contribution < -0.4 is 10.6 Å². The summed E-state index contributed by atoms with van der Waals surface area (Å²) >= 11 is 1.38. The van der Waals surface area contributed by atoms with Gasteiger partial charge in [-0.1, -0.05) is 0 Å². The molecule has 2 rings (SSSR count). The van der Waals surface area contributed by atoms with Crippen molar-refractivity contribution in [2.24, 2.45) is 5.73 Å². The number of nitrogens with zero attached hydrogens (tertiary/aromatic N) is 1. The highest BCUT2D eigenvalue weighted by atomic mass is 32.1. The maximum Gasteiger partial charge on any atom is 0.240 e. The quantitative estimate of drug-likeness (QED) is 0.744. The van der Waals surface area contributed by atoms with Gasteiger partial charge in [-0.25, -0.2) is 0 Å². The third-order valence-electron chi connectivity index (χ3n) is 2.40. The van der Waals surface area contributed by atoms with Crippen LogP contribution in [-0.4, -0.2) is 24.8 Å². The number of hydrogen-bond acceptors (Lipinski definition) is 4. The summed E-state index contributed by atoms with van der Waals surface area (Å²) in [7, 11) is 0. The summed E-state index contributed by atoms with van der Waals surface area (Å²) in [6.45, 7) is 0.836. The molecule has 14 heavy (non-hydrogen) atoms. The van der Waals surface area contributed by atoms with Gasteiger partial charge in [-0.15, -0.1) is 11.3 Å². The third kappa shape index (κ3) is 1.39. The zero-order chi connectivity index (χ0) is 10.1. The molecule has 2 heterocycles. The van der Waals surface area contributed by atoms with Crippen LogP contribution in [0.1, 0.15) is 16.1 Å². The molecule has 0 saturated carbocycles. The Hall–Kier alpha value is -1.36. The second-order valence-electron chi connectivity index (χ2n) is 3.23. The molecule has 1 saturated heterocycles. The van der Waals surface area contributed by atoms with Crippen molar-refractivity contribution in [2.75, 3.05) is 11.4 Å². The number of hydrogen-bond donors (Lipinski definition) is 1. The van der Waals surface area contributed by atoms with E-state index in [1.807, 2.05) is 10.3 Å². The molecule has 1 aromatic heterocycles. The number of aldehydes is 1. The molecule has 0 radical (unpaired) electrons. The molecule has 1 aliphatic rings. The van der Waals surface area contributed by atoms with Gasteiger partial charge in [-0.05, 0) is 12.5 Å². The van der Waals surface area contributed by atoms with Crippen molar-refractivity contribution in [2.45, 2.75) is 12.5 Å². The molecule has 1 amide bonds. The summed E-state index contributed by atoms with van der Waals surface area (Å²) in [6, 6.07) is 1.59. The first-order valence-electron chi connectivity index (χ1n) is 4.32. The van der Waals surface area contributed by atoms with Crippen LogP contribution in [0.3, 0.4) is 0 Å². The standard InChI is InChI=1S/C9H10N2O2S/c10-9(13)8-1-2-11(8)6-3-7(4-12)14-5-6/h3-5,8H,1-2H2,(H2,10,13). The predicted octanol–water partition coefficient (Wildman–Crippen LogP) is 0.625. The van der Waals surface area contributed by atoms with Gasteiger partial charge in [0, 0.05) is 17.6 Å². The summed E-state index contributed by atoms with van der Waals surface area (Å²) in [5, 5.41) is 1.87. The lowest BCUT2D eigenvalue weighted by Crippen LogP contribution is -2.55. The molecular weight excluding hydrogens is 200 g/mol. The Balaban J connectivity index is 2.15. The molecule has 0 aromatic carbocycles. The van der Waals surface area contributed by atoms with Gasteiger partial charge in [-0.3, -0.25) is 9.59 Å². The lowest BCUT2D eigenvalue weighted by atomic mass is 10.0. The number of thiophene rings is 1. The summed E-state index contributed by atoms with van der Waals surface area (Å²) in [4.78, 5) is 24.0. The molecule has 5 heteroatoms. The summed E-state index contributed by atoms with van der Waals surface area (Å²) in [5.74, 6) is -0.296. The van der Waals surface area contributed by atoms with Crippen LogP contribution in [-0.2, 0) is 4.79 Å².